The monoisotopic (exact) mass is 351 g/mol. The quantitative estimate of drug-likeness (QED) is 0.777. The Balaban J connectivity index is 1.94. The maximum absolute atomic E-state index is 13.0. The highest BCUT2D eigenvalue weighted by Crippen LogP contribution is 2.22. The summed E-state index contributed by atoms with van der Waals surface area (Å²) in [5, 5.41) is 14.8. The minimum absolute atomic E-state index is 0.115. The number of hydrogen-bond donors (Lipinski definition) is 1. The van der Waals surface area contributed by atoms with Gasteiger partial charge in [0.2, 0.25) is 11.1 Å². The molecule has 0 aliphatic rings. The lowest BCUT2D eigenvalue weighted by atomic mass is 10.1. The summed E-state index contributed by atoms with van der Waals surface area (Å²) >= 11 is 1.32. The lowest BCUT2D eigenvalue weighted by Crippen LogP contribution is -2.33. The highest BCUT2D eigenvalue weighted by atomic mass is 32.2. The number of nitrogens with one attached hydrogen (secondary N) is 1. The molecular formula is C16H22FN5OS. The van der Waals surface area contributed by atoms with Gasteiger partial charge in [-0.2, -0.15) is 0 Å². The molecule has 1 heterocycles. The van der Waals surface area contributed by atoms with E-state index in [1.54, 1.807) is 16.8 Å². The van der Waals surface area contributed by atoms with E-state index in [0.29, 0.717) is 17.6 Å². The summed E-state index contributed by atoms with van der Waals surface area (Å²) < 4.78 is 14.7. The van der Waals surface area contributed by atoms with E-state index in [4.69, 9.17) is 0 Å². The molecule has 1 N–H and O–H groups in total. The number of aromatic nitrogens is 4. The molecule has 130 valence electrons. The molecule has 0 aliphatic heterocycles. The summed E-state index contributed by atoms with van der Waals surface area (Å²) in [6.07, 6.45) is 0. The van der Waals surface area contributed by atoms with Crippen molar-refractivity contribution in [3.63, 3.8) is 0 Å². The maximum Gasteiger partial charge on any atom is 0.233 e. The Morgan fingerprint density at radius 3 is 2.54 bits per heavy atom. The Labute approximate surface area is 145 Å². The number of amides is 1. The van der Waals surface area contributed by atoms with E-state index >= 15 is 0 Å². The van der Waals surface area contributed by atoms with E-state index in [2.05, 4.69) is 34.7 Å². The molecule has 0 saturated heterocycles. The highest BCUT2D eigenvalue weighted by Gasteiger charge is 2.20. The first-order valence-electron chi connectivity index (χ1n) is 7.85. The molecule has 8 heteroatoms. The van der Waals surface area contributed by atoms with Gasteiger partial charge in [0, 0.05) is 6.54 Å². The summed E-state index contributed by atoms with van der Waals surface area (Å²) in [6, 6.07) is 5.91. The third-order valence-corrected chi connectivity index (χ3v) is 4.49. The molecule has 1 amide bonds. The number of carbonyl (C=O) groups excluding carboxylic acids is 1. The third-order valence-electron chi connectivity index (χ3n) is 3.42. The molecule has 0 spiro atoms. The molecule has 0 fully saturated rings. The van der Waals surface area contributed by atoms with Crippen LogP contribution in [-0.4, -0.2) is 31.4 Å². The van der Waals surface area contributed by atoms with Crippen molar-refractivity contribution in [1.29, 1.82) is 0 Å². The van der Waals surface area contributed by atoms with Crippen molar-refractivity contribution in [3.8, 4) is 0 Å². The Morgan fingerprint density at radius 1 is 1.25 bits per heavy atom. The van der Waals surface area contributed by atoms with Crippen LogP contribution in [0.15, 0.2) is 29.4 Å². The van der Waals surface area contributed by atoms with Crippen LogP contribution in [0.1, 0.15) is 39.3 Å². The molecule has 6 nitrogen and oxygen atoms in total. The number of carbonyl (C=O) groups is 1. The molecule has 2 aromatic rings. The van der Waals surface area contributed by atoms with Crippen LogP contribution in [0.4, 0.5) is 4.39 Å². The van der Waals surface area contributed by atoms with E-state index in [0.717, 1.165) is 5.56 Å². The largest absolute Gasteiger partial charge is 0.349 e. The van der Waals surface area contributed by atoms with Crippen molar-refractivity contribution in [2.45, 2.75) is 50.7 Å². The summed E-state index contributed by atoms with van der Waals surface area (Å²) in [5.74, 6) is 0.00425. The first-order chi connectivity index (χ1) is 11.4. The van der Waals surface area contributed by atoms with Crippen LogP contribution in [-0.2, 0) is 11.3 Å². The van der Waals surface area contributed by atoms with Gasteiger partial charge in [0.1, 0.15) is 5.82 Å². The van der Waals surface area contributed by atoms with E-state index in [1.807, 2.05) is 13.8 Å². The molecule has 2 atom stereocenters. The number of halogens is 1. The lowest BCUT2D eigenvalue weighted by Gasteiger charge is -2.17. The van der Waals surface area contributed by atoms with Crippen molar-refractivity contribution >= 4 is 17.7 Å². The van der Waals surface area contributed by atoms with Gasteiger partial charge in [0.25, 0.3) is 0 Å². The Morgan fingerprint density at radius 2 is 1.92 bits per heavy atom. The second-order valence-corrected chi connectivity index (χ2v) is 7.39. The fourth-order valence-corrected chi connectivity index (χ4v) is 2.93. The van der Waals surface area contributed by atoms with Gasteiger partial charge in [-0.15, -0.1) is 5.10 Å². The first-order valence-corrected chi connectivity index (χ1v) is 8.73. The van der Waals surface area contributed by atoms with Crippen LogP contribution in [0.5, 0.6) is 0 Å². The van der Waals surface area contributed by atoms with Gasteiger partial charge in [-0.05, 0) is 47.9 Å². The van der Waals surface area contributed by atoms with Crippen LogP contribution < -0.4 is 5.32 Å². The van der Waals surface area contributed by atoms with Gasteiger partial charge in [0.05, 0.1) is 11.3 Å². The number of thioether (sulfide) groups is 1. The Bertz CT molecular complexity index is 673. The molecule has 2 unspecified atom stereocenters. The van der Waals surface area contributed by atoms with E-state index < -0.39 is 0 Å². The number of hydrogen-bond acceptors (Lipinski definition) is 5. The van der Waals surface area contributed by atoms with E-state index in [1.165, 1.54) is 23.9 Å². The highest BCUT2D eigenvalue weighted by molar-refractivity contribution is 8.00. The molecule has 0 aliphatic carbocycles. The number of nitrogens with zero attached hydrogens (tertiary/aromatic N) is 4. The van der Waals surface area contributed by atoms with Crippen LogP contribution >= 0.6 is 11.8 Å². The number of benzene rings is 1. The van der Waals surface area contributed by atoms with Gasteiger partial charge in [-0.25, -0.2) is 9.07 Å². The molecule has 2 rings (SSSR count). The van der Waals surface area contributed by atoms with Crippen molar-refractivity contribution in [2.75, 3.05) is 0 Å². The zero-order chi connectivity index (χ0) is 17.7. The Kier molecular flexibility index (Phi) is 6.30. The minimum atomic E-state index is -0.343. The summed E-state index contributed by atoms with van der Waals surface area (Å²) in [4.78, 5) is 12.4. The Hall–Kier alpha value is -1.96. The van der Waals surface area contributed by atoms with Crippen LogP contribution in [0.2, 0.25) is 0 Å². The van der Waals surface area contributed by atoms with Crippen LogP contribution in [0.25, 0.3) is 0 Å². The molecule has 0 saturated carbocycles. The second kappa shape index (κ2) is 8.23. The molecule has 24 heavy (non-hydrogen) atoms. The standard InChI is InChI=1S/C16H22FN5OS/c1-10(2)9-22-16(19-20-21-22)24-12(4)15(23)18-11(3)13-5-7-14(17)8-6-13/h5-8,10-12H,9H2,1-4H3,(H,18,23). The summed E-state index contributed by atoms with van der Waals surface area (Å²) in [7, 11) is 0. The van der Waals surface area contributed by atoms with Gasteiger partial charge in [-0.1, -0.05) is 37.7 Å². The molecule has 1 aromatic carbocycles. The van der Waals surface area contributed by atoms with Gasteiger partial charge in [0.15, 0.2) is 0 Å². The first kappa shape index (κ1) is 18.4. The molecular weight excluding hydrogens is 329 g/mol. The zero-order valence-electron chi connectivity index (χ0n) is 14.2. The average molecular weight is 351 g/mol. The zero-order valence-corrected chi connectivity index (χ0v) is 15.0. The third kappa shape index (κ3) is 5.02. The van der Waals surface area contributed by atoms with Crippen molar-refractivity contribution in [1.82, 2.24) is 25.5 Å². The minimum Gasteiger partial charge on any atom is -0.349 e. The lowest BCUT2D eigenvalue weighted by molar-refractivity contribution is -0.120. The van der Waals surface area contributed by atoms with Gasteiger partial charge in [-0.3, -0.25) is 4.79 Å². The second-order valence-electron chi connectivity index (χ2n) is 6.08. The topological polar surface area (TPSA) is 72.7 Å². The van der Waals surface area contributed by atoms with Crippen LogP contribution in [0, 0.1) is 11.7 Å². The van der Waals surface area contributed by atoms with Crippen molar-refractivity contribution in [3.05, 3.63) is 35.6 Å². The summed E-state index contributed by atoms with van der Waals surface area (Å²) in [5.41, 5.74) is 0.853. The normalized spacial score (nSPS) is 13.8. The van der Waals surface area contributed by atoms with E-state index in [-0.39, 0.29) is 23.0 Å². The predicted molar refractivity (Wildman–Crippen MR) is 90.9 cm³/mol. The summed E-state index contributed by atoms with van der Waals surface area (Å²) in [6.45, 7) is 8.54. The molecule has 0 radical (unpaired) electrons. The number of rotatable bonds is 7. The number of tetrazole rings is 1. The fourth-order valence-electron chi connectivity index (χ4n) is 2.12. The van der Waals surface area contributed by atoms with E-state index in [9.17, 15) is 9.18 Å². The van der Waals surface area contributed by atoms with Crippen molar-refractivity contribution in [2.24, 2.45) is 5.92 Å². The van der Waals surface area contributed by atoms with Gasteiger partial charge >= 0.3 is 0 Å². The maximum atomic E-state index is 13.0. The molecule has 1 aromatic heterocycles. The van der Waals surface area contributed by atoms with Gasteiger partial charge < -0.3 is 5.32 Å². The molecule has 0 bridgehead atoms. The van der Waals surface area contributed by atoms with Crippen molar-refractivity contribution < 1.29 is 9.18 Å². The average Bonchev–Trinajstić information content (AvgIpc) is 2.94. The fraction of sp³-hybridized carbons (Fsp3) is 0.500. The van der Waals surface area contributed by atoms with Crippen LogP contribution in [0.3, 0.4) is 0 Å². The SMILES string of the molecule is CC(C)Cn1nnnc1SC(C)C(=O)NC(C)c1ccc(F)cc1. The predicted octanol–water partition coefficient (Wildman–Crippen LogP) is 2.83. The smallest absolute Gasteiger partial charge is 0.233 e.